The van der Waals surface area contributed by atoms with Gasteiger partial charge >= 0.3 is 0 Å². The number of likely N-dealkylation sites (tertiary alicyclic amines) is 1. The lowest BCUT2D eigenvalue weighted by Crippen LogP contribution is -2.50. The molecule has 6 rings (SSSR count). The van der Waals surface area contributed by atoms with Crippen molar-refractivity contribution >= 4 is 38.3 Å². The van der Waals surface area contributed by atoms with Gasteiger partial charge in [-0.05, 0) is 55.0 Å². The van der Waals surface area contributed by atoms with Gasteiger partial charge in [-0.2, -0.15) is 10.4 Å². The molecule has 3 heterocycles. The van der Waals surface area contributed by atoms with E-state index in [1.807, 2.05) is 17.0 Å². The molecule has 1 aliphatic heterocycles. The van der Waals surface area contributed by atoms with E-state index in [4.69, 9.17) is 5.10 Å². The second kappa shape index (κ2) is 11.0. The van der Waals surface area contributed by atoms with Crippen LogP contribution < -0.4 is 10.9 Å². The van der Waals surface area contributed by atoms with Crippen molar-refractivity contribution in [2.24, 2.45) is 5.92 Å². The zero-order valence-electron chi connectivity index (χ0n) is 24.1. The lowest BCUT2D eigenvalue weighted by atomic mass is 9.84. The number of aromatic nitrogens is 3. The molecule has 43 heavy (non-hydrogen) atoms. The highest BCUT2D eigenvalue weighted by molar-refractivity contribution is 7.89. The Morgan fingerprint density at radius 3 is 2.40 bits per heavy atom. The number of nitriles is 1. The normalized spacial score (nSPS) is 16.7. The first-order valence-electron chi connectivity index (χ1n) is 14.3. The molecule has 0 spiro atoms. The maximum atomic E-state index is 13.5. The summed E-state index contributed by atoms with van der Waals surface area (Å²) >= 11 is 0. The van der Waals surface area contributed by atoms with Crippen LogP contribution in [0.3, 0.4) is 0 Å². The van der Waals surface area contributed by atoms with Crippen molar-refractivity contribution in [3.63, 3.8) is 0 Å². The second-order valence-corrected chi connectivity index (χ2v) is 13.6. The van der Waals surface area contributed by atoms with Gasteiger partial charge in [0.15, 0.2) is 5.82 Å². The number of hydrogen-bond donors (Lipinski definition) is 2. The van der Waals surface area contributed by atoms with Crippen LogP contribution in [-0.2, 0) is 33.2 Å². The van der Waals surface area contributed by atoms with Gasteiger partial charge in [0.05, 0.1) is 29.2 Å². The summed E-state index contributed by atoms with van der Waals surface area (Å²) in [5, 5.41) is 18.1. The molecule has 1 amide bonds. The Morgan fingerprint density at radius 2 is 1.74 bits per heavy atom. The molecule has 0 atom stereocenters. The van der Waals surface area contributed by atoms with Gasteiger partial charge in [-0.15, -0.1) is 0 Å². The van der Waals surface area contributed by atoms with E-state index in [2.05, 4.69) is 28.5 Å². The molecule has 1 saturated heterocycles. The molecule has 2 aliphatic rings. The summed E-state index contributed by atoms with van der Waals surface area (Å²) in [7, 11) is -0.887. The Balaban J connectivity index is 1.32. The number of fused-ring (bicyclic) bond motifs is 2. The molecule has 0 unspecified atom stereocenters. The van der Waals surface area contributed by atoms with Crippen LogP contribution in [0.2, 0.25) is 0 Å². The topological polar surface area (TPSA) is 144 Å². The van der Waals surface area contributed by atoms with Crippen LogP contribution in [0.15, 0.2) is 70.5 Å². The molecule has 4 aromatic rings. The average molecular weight is 600 g/mol. The van der Waals surface area contributed by atoms with E-state index >= 15 is 0 Å². The van der Waals surface area contributed by atoms with Crippen molar-refractivity contribution in [2.45, 2.75) is 42.5 Å². The number of para-hydroxylation sites is 1. The molecular weight excluding hydrogens is 566 g/mol. The van der Waals surface area contributed by atoms with Gasteiger partial charge < -0.3 is 15.2 Å². The van der Waals surface area contributed by atoms with Gasteiger partial charge in [0.25, 0.3) is 5.56 Å². The number of benzene rings is 2. The number of hydrogen-bond acceptors (Lipinski definition) is 7. The summed E-state index contributed by atoms with van der Waals surface area (Å²) in [6.45, 7) is 0.926. The largest absolute Gasteiger partial charge is 0.342 e. The third kappa shape index (κ3) is 4.98. The average Bonchev–Trinajstić information content (AvgIpc) is 3.60. The number of aromatic amines is 1. The second-order valence-electron chi connectivity index (χ2n) is 11.5. The van der Waals surface area contributed by atoms with Crippen LogP contribution >= 0.6 is 0 Å². The third-order valence-electron chi connectivity index (χ3n) is 8.77. The van der Waals surface area contributed by atoms with Crippen LogP contribution in [0, 0.1) is 17.2 Å². The van der Waals surface area contributed by atoms with E-state index in [0.29, 0.717) is 31.4 Å². The molecule has 2 N–H and O–H groups in total. The predicted molar refractivity (Wildman–Crippen MR) is 162 cm³/mol. The van der Waals surface area contributed by atoms with Crippen LogP contribution in [0.4, 0.5) is 11.5 Å². The number of amides is 1. The van der Waals surface area contributed by atoms with Crippen molar-refractivity contribution in [1.29, 1.82) is 5.26 Å². The van der Waals surface area contributed by atoms with E-state index < -0.39 is 15.6 Å². The number of pyridine rings is 1. The molecule has 1 aliphatic carbocycles. The molecular formula is C31H33N7O4S. The van der Waals surface area contributed by atoms with Crippen molar-refractivity contribution < 1.29 is 13.2 Å². The number of rotatable bonds is 7. The first-order chi connectivity index (χ1) is 20.6. The Morgan fingerprint density at radius 1 is 1.09 bits per heavy atom. The Hall–Kier alpha value is -4.47. The number of nitrogens with zero attached hydrogens (tertiary/aromatic N) is 5. The summed E-state index contributed by atoms with van der Waals surface area (Å²) in [5.74, 6) is 0.238. The highest BCUT2D eigenvalue weighted by Crippen LogP contribution is 2.39. The van der Waals surface area contributed by atoms with Crippen molar-refractivity contribution in [1.82, 2.24) is 24.0 Å². The highest BCUT2D eigenvalue weighted by atomic mass is 32.2. The SMILES string of the molecule is CN(C)S(=O)(=O)c1ccccc1Nc1nn(C2(CC#N)CCN(C(=O)C3Cc4ccccc4C3)CC2)c2cc[nH]c(=O)c12. The van der Waals surface area contributed by atoms with E-state index in [1.54, 1.807) is 28.9 Å². The summed E-state index contributed by atoms with van der Waals surface area (Å²) < 4.78 is 28.9. The summed E-state index contributed by atoms with van der Waals surface area (Å²) in [4.78, 5) is 31.3. The zero-order valence-corrected chi connectivity index (χ0v) is 24.9. The van der Waals surface area contributed by atoms with Gasteiger partial charge in [-0.25, -0.2) is 12.7 Å². The van der Waals surface area contributed by atoms with Gasteiger partial charge in [0.2, 0.25) is 15.9 Å². The lowest BCUT2D eigenvalue weighted by molar-refractivity contribution is -0.137. The summed E-state index contributed by atoms with van der Waals surface area (Å²) in [5.41, 5.74) is 2.11. The fraction of sp³-hybridized carbons (Fsp3) is 0.355. The fourth-order valence-corrected chi connectivity index (χ4v) is 7.43. The maximum Gasteiger partial charge on any atom is 0.261 e. The van der Waals surface area contributed by atoms with E-state index in [1.165, 1.54) is 37.5 Å². The van der Waals surface area contributed by atoms with E-state index in [0.717, 1.165) is 17.1 Å². The molecule has 1 fully saturated rings. The molecule has 222 valence electrons. The first-order valence-corrected chi connectivity index (χ1v) is 15.7. The van der Waals surface area contributed by atoms with Crippen LogP contribution in [0.5, 0.6) is 0 Å². The number of piperidine rings is 1. The van der Waals surface area contributed by atoms with Gasteiger partial charge in [-0.3, -0.25) is 14.3 Å². The number of carbonyl (C=O) groups is 1. The minimum Gasteiger partial charge on any atom is -0.342 e. The maximum absolute atomic E-state index is 13.5. The molecule has 2 aromatic carbocycles. The minimum absolute atomic E-state index is 0.0441. The smallest absolute Gasteiger partial charge is 0.261 e. The summed E-state index contributed by atoms with van der Waals surface area (Å²) in [6, 6.07) is 18.7. The lowest BCUT2D eigenvalue weighted by Gasteiger charge is -2.41. The van der Waals surface area contributed by atoms with Crippen LogP contribution in [0.1, 0.15) is 30.4 Å². The van der Waals surface area contributed by atoms with Crippen molar-refractivity contribution in [3.05, 3.63) is 82.3 Å². The monoisotopic (exact) mass is 599 g/mol. The number of H-pyrrole nitrogens is 1. The fourth-order valence-electron chi connectivity index (χ4n) is 6.39. The quantitative estimate of drug-likeness (QED) is 0.331. The Kier molecular flexibility index (Phi) is 7.31. The molecule has 12 heteroatoms. The molecule has 11 nitrogen and oxygen atoms in total. The third-order valence-corrected chi connectivity index (χ3v) is 10.6. The van der Waals surface area contributed by atoms with Gasteiger partial charge in [0, 0.05) is 39.3 Å². The summed E-state index contributed by atoms with van der Waals surface area (Å²) in [6.07, 6.45) is 4.12. The first kappa shape index (κ1) is 28.6. The van der Waals surface area contributed by atoms with Crippen molar-refractivity contribution in [3.8, 4) is 6.07 Å². The Bertz CT molecular complexity index is 1890. The van der Waals surface area contributed by atoms with E-state index in [-0.39, 0.29) is 45.6 Å². The molecule has 0 radical (unpaired) electrons. The molecule has 0 bridgehead atoms. The molecule has 0 saturated carbocycles. The highest BCUT2D eigenvalue weighted by Gasteiger charge is 2.42. The Labute approximate surface area is 249 Å². The van der Waals surface area contributed by atoms with Crippen molar-refractivity contribution in [2.75, 3.05) is 32.5 Å². The predicted octanol–water partition coefficient (Wildman–Crippen LogP) is 3.36. The van der Waals surface area contributed by atoms with Crippen LogP contribution in [-0.4, -0.2) is 65.5 Å². The minimum atomic E-state index is -3.79. The number of carbonyl (C=O) groups excluding carboxylic acids is 1. The number of anilines is 2. The van der Waals surface area contributed by atoms with E-state index in [9.17, 15) is 23.3 Å². The number of nitrogens with one attached hydrogen (secondary N) is 2. The molecule has 2 aromatic heterocycles. The van der Waals surface area contributed by atoms with Gasteiger partial charge in [0.1, 0.15) is 10.3 Å². The van der Waals surface area contributed by atoms with Gasteiger partial charge in [-0.1, -0.05) is 36.4 Å². The van der Waals surface area contributed by atoms with Crippen LogP contribution in [0.25, 0.3) is 10.9 Å². The number of sulfonamides is 1. The standard InChI is InChI=1S/C31H33N7O4S/c1-36(2)43(41,42)26-10-6-5-9-24(26)34-28-27-25(11-16-33-29(27)39)38(35-28)31(12-15-32)13-17-37(18-14-31)30(40)23-19-21-7-3-4-8-22(21)20-23/h3-11,16,23H,12-14,17-20H2,1-2H3,(H,33,39)(H,34,35). The zero-order chi connectivity index (χ0) is 30.4.